The van der Waals surface area contributed by atoms with Gasteiger partial charge in [-0.1, -0.05) is 37.0 Å². The highest BCUT2D eigenvalue weighted by Crippen LogP contribution is 2.39. The quantitative estimate of drug-likeness (QED) is 0.461. The summed E-state index contributed by atoms with van der Waals surface area (Å²) >= 11 is 1.66. The lowest BCUT2D eigenvalue weighted by atomic mass is 9.81. The van der Waals surface area contributed by atoms with E-state index < -0.39 is 5.54 Å². The van der Waals surface area contributed by atoms with Gasteiger partial charge in [-0.25, -0.2) is 4.79 Å². The number of imide groups is 1. The lowest BCUT2D eigenvalue weighted by Crippen LogP contribution is -2.49. The summed E-state index contributed by atoms with van der Waals surface area (Å²) in [5.74, 6) is 0.238. The third kappa shape index (κ3) is 4.13. The van der Waals surface area contributed by atoms with Crippen molar-refractivity contribution in [2.24, 2.45) is 0 Å². The van der Waals surface area contributed by atoms with Crippen LogP contribution in [0.5, 0.6) is 0 Å². The molecular formula is C20H27N3O3S. The summed E-state index contributed by atoms with van der Waals surface area (Å²) in [5.41, 5.74) is 0.491. The van der Waals surface area contributed by atoms with E-state index in [1.54, 1.807) is 23.7 Å². The van der Waals surface area contributed by atoms with Crippen LogP contribution in [0, 0.1) is 6.92 Å². The average molecular weight is 390 g/mol. The summed E-state index contributed by atoms with van der Waals surface area (Å²) < 4.78 is 0. The van der Waals surface area contributed by atoms with E-state index in [0.717, 1.165) is 34.8 Å². The van der Waals surface area contributed by atoms with Crippen LogP contribution in [-0.4, -0.2) is 59.1 Å². The molecule has 0 atom stereocenters. The van der Waals surface area contributed by atoms with Gasteiger partial charge < -0.3 is 10.2 Å². The van der Waals surface area contributed by atoms with E-state index in [9.17, 15) is 14.4 Å². The average Bonchev–Trinajstić information content (AvgIpc) is 2.84. The molecule has 1 spiro atoms. The van der Waals surface area contributed by atoms with E-state index in [4.69, 9.17) is 0 Å². The Balaban J connectivity index is 1.48. The van der Waals surface area contributed by atoms with E-state index in [-0.39, 0.29) is 24.4 Å². The summed E-state index contributed by atoms with van der Waals surface area (Å²) in [7, 11) is 1.68. The van der Waals surface area contributed by atoms with Crippen molar-refractivity contribution in [3.05, 3.63) is 29.8 Å². The molecule has 6 nitrogen and oxygen atoms in total. The Morgan fingerprint density at radius 2 is 1.81 bits per heavy atom. The molecule has 1 aliphatic carbocycles. The molecular weight excluding hydrogens is 362 g/mol. The highest BCUT2D eigenvalue weighted by molar-refractivity contribution is 7.99. The molecule has 1 aromatic carbocycles. The summed E-state index contributed by atoms with van der Waals surface area (Å²) in [6.07, 6.45) is 4.37. The second kappa shape index (κ2) is 8.33. The maximum absolute atomic E-state index is 12.9. The highest BCUT2D eigenvalue weighted by atomic mass is 32.2. The number of carbonyl (C=O) groups excluding carboxylic acids is 3. The third-order valence-corrected chi connectivity index (χ3v) is 6.51. The van der Waals surface area contributed by atoms with Crippen LogP contribution in [-0.2, 0) is 9.59 Å². The second-order valence-electron chi connectivity index (χ2n) is 7.34. The molecule has 4 amide bonds. The van der Waals surface area contributed by atoms with Crippen LogP contribution < -0.4 is 5.32 Å². The Kier molecular flexibility index (Phi) is 6.09. The number of likely N-dealkylation sites (N-methyl/N-ethyl adjacent to an activating group) is 1. The molecule has 3 rings (SSSR count). The molecule has 0 unspecified atom stereocenters. The van der Waals surface area contributed by atoms with Gasteiger partial charge in [0.2, 0.25) is 5.91 Å². The summed E-state index contributed by atoms with van der Waals surface area (Å²) in [6.45, 7) is 2.35. The Morgan fingerprint density at radius 3 is 2.48 bits per heavy atom. The third-order valence-electron chi connectivity index (χ3n) is 5.50. The van der Waals surface area contributed by atoms with Gasteiger partial charge in [-0.3, -0.25) is 14.5 Å². The Labute approximate surface area is 164 Å². The van der Waals surface area contributed by atoms with Gasteiger partial charge in [0.1, 0.15) is 12.1 Å². The van der Waals surface area contributed by atoms with Gasteiger partial charge >= 0.3 is 6.03 Å². The molecule has 1 aromatic rings. The zero-order chi connectivity index (χ0) is 19.4. The van der Waals surface area contributed by atoms with Crippen LogP contribution in [0.25, 0.3) is 0 Å². The van der Waals surface area contributed by atoms with Crippen molar-refractivity contribution in [3.63, 3.8) is 0 Å². The molecule has 0 radical (unpaired) electrons. The number of thioether (sulfide) groups is 1. The van der Waals surface area contributed by atoms with Crippen LogP contribution in [0.1, 0.15) is 37.7 Å². The van der Waals surface area contributed by atoms with Crippen molar-refractivity contribution < 1.29 is 14.4 Å². The Bertz CT molecular complexity index is 714. The first-order valence-corrected chi connectivity index (χ1v) is 10.5. The predicted molar refractivity (Wildman–Crippen MR) is 106 cm³/mol. The number of urea groups is 1. The number of amides is 4. The maximum atomic E-state index is 12.9. The first-order chi connectivity index (χ1) is 12.9. The largest absolute Gasteiger partial charge is 0.354 e. The van der Waals surface area contributed by atoms with Crippen molar-refractivity contribution in [1.82, 2.24) is 15.1 Å². The lowest BCUT2D eigenvalue weighted by molar-refractivity contribution is -0.137. The van der Waals surface area contributed by atoms with E-state index in [0.29, 0.717) is 19.4 Å². The molecule has 27 heavy (non-hydrogen) atoms. The van der Waals surface area contributed by atoms with Gasteiger partial charge in [0.25, 0.3) is 5.91 Å². The van der Waals surface area contributed by atoms with Crippen LogP contribution >= 0.6 is 11.8 Å². The van der Waals surface area contributed by atoms with Crippen molar-refractivity contribution >= 4 is 29.6 Å². The van der Waals surface area contributed by atoms with Crippen LogP contribution in [0.2, 0.25) is 0 Å². The minimum Gasteiger partial charge on any atom is -0.354 e. The SMILES string of the molecule is Cc1ccc(SCCNC(=O)CN2C(=O)N(C)C3(CCCCC3)C2=O)cc1. The van der Waals surface area contributed by atoms with E-state index in [1.807, 2.05) is 6.92 Å². The van der Waals surface area contributed by atoms with Gasteiger partial charge in [0.15, 0.2) is 0 Å². The van der Waals surface area contributed by atoms with Crippen molar-refractivity contribution in [3.8, 4) is 0 Å². The van der Waals surface area contributed by atoms with Crippen LogP contribution in [0.4, 0.5) is 4.79 Å². The van der Waals surface area contributed by atoms with Gasteiger partial charge in [-0.05, 0) is 31.9 Å². The number of nitrogens with zero attached hydrogens (tertiary/aromatic N) is 2. The number of aryl methyl sites for hydroxylation is 1. The van der Waals surface area contributed by atoms with E-state index >= 15 is 0 Å². The fourth-order valence-electron chi connectivity index (χ4n) is 3.86. The molecule has 1 saturated heterocycles. The number of hydrogen-bond acceptors (Lipinski definition) is 4. The predicted octanol–water partition coefficient (Wildman–Crippen LogP) is 2.80. The van der Waals surface area contributed by atoms with E-state index in [2.05, 4.69) is 29.6 Å². The molecule has 0 bridgehead atoms. The van der Waals surface area contributed by atoms with Crippen molar-refractivity contribution in [1.29, 1.82) is 0 Å². The second-order valence-corrected chi connectivity index (χ2v) is 8.50. The molecule has 1 heterocycles. The van der Waals surface area contributed by atoms with Gasteiger partial charge in [-0.15, -0.1) is 11.8 Å². The number of benzene rings is 1. The number of rotatable bonds is 6. The summed E-state index contributed by atoms with van der Waals surface area (Å²) in [4.78, 5) is 41.4. The number of hydrogen-bond donors (Lipinski definition) is 1. The zero-order valence-corrected chi connectivity index (χ0v) is 16.8. The minimum atomic E-state index is -0.725. The van der Waals surface area contributed by atoms with E-state index in [1.165, 1.54) is 5.56 Å². The van der Waals surface area contributed by atoms with Crippen LogP contribution in [0.3, 0.4) is 0 Å². The first-order valence-electron chi connectivity index (χ1n) is 9.50. The van der Waals surface area contributed by atoms with Gasteiger partial charge in [0.05, 0.1) is 0 Å². The smallest absolute Gasteiger partial charge is 0.327 e. The monoisotopic (exact) mass is 389 g/mol. The topological polar surface area (TPSA) is 69.7 Å². The molecule has 146 valence electrons. The number of nitrogens with one attached hydrogen (secondary N) is 1. The first kappa shape index (κ1) is 19.7. The molecule has 1 aliphatic heterocycles. The Morgan fingerprint density at radius 1 is 1.15 bits per heavy atom. The minimum absolute atomic E-state index is 0.195. The van der Waals surface area contributed by atoms with Crippen molar-refractivity contribution in [2.75, 3.05) is 25.9 Å². The lowest BCUT2D eigenvalue weighted by Gasteiger charge is -2.35. The number of carbonyl (C=O) groups is 3. The summed E-state index contributed by atoms with van der Waals surface area (Å²) in [6, 6.07) is 7.88. The Hall–Kier alpha value is -2.02. The standard InChI is InChI=1S/C20H27N3O3S/c1-15-6-8-16(9-7-15)27-13-12-21-17(24)14-23-18(25)20(22(2)19(23)26)10-4-3-5-11-20/h6-9H,3-5,10-14H2,1-2H3,(H,21,24). The summed E-state index contributed by atoms with van der Waals surface area (Å²) in [5, 5.41) is 2.81. The van der Waals surface area contributed by atoms with Gasteiger partial charge in [0, 0.05) is 24.2 Å². The normalized spacial score (nSPS) is 19.0. The molecule has 1 N–H and O–H groups in total. The maximum Gasteiger partial charge on any atom is 0.327 e. The molecule has 1 saturated carbocycles. The fourth-order valence-corrected chi connectivity index (χ4v) is 4.63. The zero-order valence-electron chi connectivity index (χ0n) is 16.0. The molecule has 2 aliphatic rings. The highest BCUT2D eigenvalue weighted by Gasteiger charge is 2.55. The van der Waals surface area contributed by atoms with Crippen LogP contribution in [0.15, 0.2) is 29.2 Å². The fraction of sp³-hybridized carbons (Fsp3) is 0.550. The molecule has 7 heteroatoms. The molecule has 2 fully saturated rings. The van der Waals surface area contributed by atoms with Gasteiger partial charge in [-0.2, -0.15) is 0 Å². The van der Waals surface area contributed by atoms with Crippen molar-refractivity contribution in [2.45, 2.75) is 49.5 Å². The molecule has 0 aromatic heterocycles.